The maximum absolute atomic E-state index is 11.8. The normalized spacial score (nSPS) is 14.5. The van der Waals surface area contributed by atoms with Crippen molar-refractivity contribution in [2.75, 3.05) is 0 Å². The van der Waals surface area contributed by atoms with E-state index < -0.39 is 0 Å². The molecule has 1 atom stereocenters. The van der Waals surface area contributed by atoms with Gasteiger partial charge in [0.15, 0.2) is 0 Å². The number of hydrogen-bond donors (Lipinski definition) is 2. The van der Waals surface area contributed by atoms with Gasteiger partial charge in [0, 0.05) is 5.54 Å². The number of carbonyl (C=O) groups is 1. The molecular formula is C12H26N2O. The van der Waals surface area contributed by atoms with Gasteiger partial charge >= 0.3 is 0 Å². The third-order valence-electron chi connectivity index (χ3n) is 2.95. The Kier molecular flexibility index (Phi) is 5.29. The highest BCUT2D eigenvalue weighted by Crippen LogP contribution is 2.15. The molecular weight excluding hydrogens is 188 g/mol. The van der Waals surface area contributed by atoms with E-state index in [4.69, 9.17) is 5.73 Å². The molecule has 3 heteroatoms. The van der Waals surface area contributed by atoms with E-state index in [-0.39, 0.29) is 17.5 Å². The number of rotatable bonds is 5. The van der Waals surface area contributed by atoms with Crippen molar-refractivity contribution in [3.05, 3.63) is 0 Å². The minimum atomic E-state index is -0.386. The van der Waals surface area contributed by atoms with Gasteiger partial charge in [0.1, 0.15) is 0 Å². The van der Waals surface area contributed by atoms with Gasteiger partial charge < -0.3 is 11.1 Å². The Morgan fingerprint density at radius 1 is 1.27 bits per heavy atom. The maximum Gasteiger partial charge on any atom is 0.237 e. The quantitative estimate of drug-likeness (QED) is 0.734. The van der Waals surface area contributed by atoms with Gasteiger partial charge in [-0.1, -0.05) is 27.7 Å². The van der Waals surface area contributed by atoms with Crippen molar-refractivity contribution in [1.82, 2.24) is 5.32 Å². The summed E-state index contributed by atoms with van der Waals surface area (Å²) in [5.74, 6) is 0.808. The summed E-state index contributed by atoms with van der Waals surface area (Å²) in [7, 11) is 0. The Labute approximate surface area is 93.8 Å². The summed E-state index contributed by atoms with van der Waals surface area (Å²) < 4.78 is 0. The van der Waals surface area contributed by atoms with Gasteiger partial charge in [-0.15, -0.1) is 0 Å². The number of hydrogen-bond acceptors (Lipinski definition) is 2. The van der Waals surface area contributed by atoms with Crippen LogP contribution in [0.2, 0.25) is 0 Å². The largest absolute Gasteiger partial charge is 0.350 e. The Hall–Kier alpha value is -0.570. The molecule has 0 aliphatic carbocycles. The van der Waals surface area contributed by atoms with Crippen LogP contribution in [0.25, 0.3) is 0 Å². The molecule has 0 rings (SSSR count). The fraction of sp³-hybridized carbons (Fsp3) is 0.917. The summed E-state index contributed by atoms with van der Waals surface area (Å²) in [6, 6.07) is -0.386. The first-order valence-electron chi connectivity index (χ1n) is 5.74. The topological polar surface area (TPSA) is 55.1 Å². The monoisotopic (exact) mass is 214 g/mol. The molecule has 0 aromatic rings. The summed E-state index contributed by atoms with van der Waals surface area (Å²) in [4.78, 5) is 11.8. The summed E-state index contributed by atoms with van der Waals surface area (Å²) in [6.07, 6.45) is 0.736. The highest BCUT2D eigenvalue weighted by molar-refractivity contribution is 5.82. The lowest BCUT2D eigenvalue weighted by Gasteiger charge is -2.32. The van der Waals surface area contributed by atoms with Crippen LogP contribution in [0.5, 0.6) is 0 Å². The zero-order valence-electron chi connectivity index (χ0n) is 10.9. The average Bonchev–Trinajstić information content (AvgIpc) is 2.01. The van der Waals surface area contributed by atoms with Gasteiger partial charge in [-0.2, -0.15) is 0 Å². The van der Waals surface area contributed by atoms with Crippen molar-refractivity contribution in [2.45, 2.75) is 59.5 Å². The van der Waals surface area contributed by atoms with Crippen molar-refractivity contribution in [1.29, 1.82) is 0 Å². The molecule has 0 saturated carbocycles. The third kappa shape index (κ3) is 5.17. The van der Waals surface area contributed by atoms with Gasteiger partial charge in [0.2, 0.25) is 5.91 Å². The zero-order valence-corrected chi connectivity index (χ0v) is 10.9. The second-order valence-corrected chi connectivity index (χ2v) is 5.60. The number of amides is 1. The van der Waals surface area contributed by atoms with Crippen molar-refractivity contribution >= 4 is 5.91 Å². The molecule has 0 aromatic carbocycles. The van der Waals surface area contributed by atoms with Crippen molar-refractivity contribution < 1.29 is 4.79 Å². The first-order valence-corrected chi connectivity index (χ1v) is 5.74. The first-order chi connectivity index (χ1) is 6.66. The molecule has 1 unspecified atom stereocenters. The predicted octanol–water partition coefficient (Wildman–Crippen LogP) is 1.91. The molecule has 0 fully saturated rings. The average molecular weight is 214 g/mol. The molecule has 0 aliphatic heterocycles. The summed E-state index contributed by atoms with van der Waals surface area (Å²) in [5, 5.41) is 3.00. The Bertz CT molecular complexity index is 210. The van der Waals surface area contributed by atoms with Gasteiger partial charge in [-0.3, -0.25) is 4.79 Å². The molecule has 0 saturated heterocycles. The first kappa shape index (κ1) is 14.4. The second-order valence-electron chi connectivity index (χ2n) is 5.60. The van der Waals surface area contributed by atoms with Crippen LogP contribution < -0.4 is 11.1 Å². The molecule has 3 nitrogen and oxygen atoms in total. The van der Waals surface area contributed by atoms with Gasteiger partial charge in [0.25, 0.3) is 0 Å². The molecule has 0 radical (unpaired) electrons. The number of carbonyl (C=O) groups excluding carboxylic acids is 1. The SMILES string of the molecule is CC(C)CC(N)C(=O)NC(C)(C)C(C)C. The number of nitrogens with one attached hydrogen (secondary N) is 1. The highest BCUT2D eigenvalue weighted by atomic mass is 16.2. The molecule has 3 N–H and O–H groups in total. The minimum Gasteiger partial charge on any atom is -0.350 e. The fourth-order valence-corrected chi connectivity index (χ4v) is 1.17. The molecule has 0 bridgehead atoms. The molecule has 0 aromatic heterocycles. The van der Waals surface area contributed by atoms with Crippen LogP contribution in [0.1, 0.15) is 48.0 Å². The van der Waals surface area contributed by atoms with E-state index in [1.54, 1.807) is 0 Å². The van der Waals surface area contributed by atoms with E-state index in [0.29, 0.717) is 11.8 Å². The maximum atomic E-state index is 11.8. The molecule has 90 valence electrons. The Morgan fingerprint density at radius 3 is 2.07 bits per heavy atom. The standard InChI is InChI=1S/C12H26N2O/c1-8(2)7-10(13)11(15)14-12(5,6)9(3)4/h8-10H,7,13H2,1-6H3,(H,14,15). The summed E-state index contributed by atoms with van der Waals surface area (Å²) in [6.45, 7) is 12.4. The van der Waals surface area contributed by atoms with Crippen LogP contribution in [0.3, 0.4) is 0 Å². The summed E-state index contributed by atoms with van der Waals surface area (Å²) in [5.41, 5.74) is 5.62. The van der Waals surface area contributed by atoms with Crippen LogP contribution in [0.15, 0.2) is 0 Å². The van der Waals surface area contributed by atoms with Crippen molar-refractivity contribution in [3.8, 4) is 0 Å². The Morgan fingerprint density at radius 2 is 1.73 bits per heavy atom. The van der Waals surface area contributed by atoms with Gasteiger partial charge in [-0.25, -0.2) is 0 Å². The lowest BCUT2D eigenvalue weighted by atomic mass is 9.90. The second kappa shape index (κ2) is 5.50. The molecule has 15 heavy (non-hydrogen) atoms. The van der Waals surface area contributed by atoms with E-state index in [1.807, 2.05) is 13.8 Å². The van der Waals surface area contributed by atoms with Crippen molar-refractivity contribution in [2.24, 2.45) is 17.6 Å². The third-order valence-corrected chi connectivity index (χ3v) is 2.95. The summed E-state index contributed by atoms with van der Waals surface area (Å²) >= 11 is 0. The van der Waals surface area contributed by atoms with Crippen LogP contribution in [-0.4, -0.2) is 17.5 Å². The van der Waals surface area contributed by atoms with E-state index >= 15 is 0 Å². The van der Waals surface area contributed by atoms with Gasteiger partial charge in [0.05, 0.1) is 6.04 Å². The minimum absolute atomic E-state index is 0.0394. The van der Waals surface area contributed by atoms with Crippen molar-refractivity contribution in [3.63, 3.8) is 0 Å². The fourth-order valence-electron chi connectivity index (χ4n) is 1.17. The molecule has 0 heterocycles. The van der Waals surface area contributed by atoms with Crippen LogP contribution in [-0.2, 0) is 4.79 Å². The zero-order chi connectivity index (χ0) is 12.2. The number of nitrogens with two attached hydrogens (primary N) is 1. The molecule has 1 amide bonds. The van der Waals surface area contributed by atoms with Crippen LogP contribution in [0, 0.1) is 11.8 Å². The predicted molar refractivity (Wildman–Crippen MR) is 64.5 cm³/mol. The Balaban J connectivity index is 4.24. The highest BCUT2D eigenvalue weighted by Gasteiger charge is 2.26. The lowest BCUT2D eigenvalue weighted by Crippen LogP contribution is -2.53. The van der Waals surface area contributed by atoms with Crippen LogP contribution >= 0.6 is 0 Å². The van der Waals surface area contributed by atoms with Gasteiger partial charge in [-0.05, 0) is 32.1 Å². The van der Waals surface area contributed by atoms with E-state index in [2.05, 4.69) is 33.0 Å². The van der Waals surface area contributed by atoms with Crippen LogP contribution in [0.4, 0.5) is 0 Å². The lowest BCUT2D eigenvalue weighted by molar-refractivity contribution is -0.124. The van der Waals surface area contributed by atoms with E-state index in [0.717, 1.165) is 6.42 Å². The molecule has 0 spiro atoms. The smallest absolute Gasteiger partial charge is 0.237 e. The van der Waals surface area contributed by atoms with E-state index in [9.17, 15) is 4.79 Å². The molecule has 0 aliphatic rings. The van der Waals surface area contributed by atoms with E-state index in [1.165, 1.54) is 0 Å².